The molecule has 2 aromatic rings. The Balaban J connectivity index is 1.58. The number of piperidine rings is 1. The molecule has 1 aromatic heterocycles. The lowest BCUT2D eigenvalue weighted by atomic mass is 9.86. The van der Waals surface area contributed by atoms with Crippen molar-refractivity contribution in [3.63, 3.8) is 0 Å². The van der Waals surface area contributed by atoms with E-state index in [0.717, 1.165) is 37.4 Å². The van der Waals surface area contributed by atoms with Crippen molar-refractivity contribution in [3.8, 4) is 17.0 Å². The van der Waals surface area contributed by atoms with Crippen molar-refractivity contribution in [2.45, 2.75) is 38.5 Å². The van der Waals surface area contributed by atoms with Crippen LogP contribution in [0.5, 0.6) is 5.75 Å². The fourth-order valence-electron chi connectivity index (χ4n) is 4.43. The van der Waals surface area contributed by atoms with E-state index in [0.29, 0.717) is 11.7 Å². The van der Waals surface area contributed by atoms with E-state index >= 15 is 0 Å². The molecule has 1 atom stereocenters. The molecular formula is C22H29N3O. The van der Waals surface area contributed by atoms with Crippen molar-refractivity contribution in [1.82, 2.24) is 9.88 Å². The number of pyridine rings is 1. The SMILES string of the molecule is CN1CCCC(COc2ccc(-c3cccc(N)n3)c3c2CCCC3)C1. The first-order valence-corrected chi connectivity index (χ1v) is 9.89. The van der Waals surface area contributed by atoms with Gasteiger partial charge in [-0.25, -0.2) is 4.98 Å². The Bertz CT molecular complexity index is 774. The summed E-state index contributed by atoms with van der Waals surface area (Å²) in [5.74, 6) is 2.30. The number of ether oxygens (including phenoxy) is 1. The van der Waals surface area contributed by atoms with Crippen molar-refractivity contribution in [2.24, 2.45) is 5.92 Å². The molecule has 1 aliphatic carbocycles. The molecule has 1 fully saturated rings. The summed E-state index contributed by atoms with van der Waals surface area (Å²) in [5.41, 5.74) is 10.9. The van der Waals surface area contributed by atoms with Crippen molar-refractivity contribution in [3.05, 3.63) is 41.5 Å². The maximum atomic E-state index is 6.34. The Labute approximate surface area is 156 Å². The molecule has 0 amide bonds. The number of nitrogens with two attached hydrogens (primary N) is 1. The summed E-state index contributed by atoms with van der Waals surface area (Å²) in [6, 6.07) is 10.2. The van der Waals surface area contributed by atoms with Gasteiger partial charge in [0.25, 0.3) is 0 Å². The van der Waals surface area contributed by atoms with Crippen LogP contribution in [0.1, 0.15) is 36.8 Å². The van der Waals surface area contributed by atoms with Crippen LogP contribution in [0.3, 0.4) is 0 Å². The monoisotopic (exact) mass is 351 g/mol. The molecule has 138 valence electrons. The molecule has 0 spiro atoms. The van der Waals surface area contributed by atoms with Crippen LogP contribution < -0.4 is 10.5 Å². The lowest BCUT2D eigenvalue weighted by Crippen LogP contribution is -2.34. The highest BCUT2D eigenvalue weighted by molar-refractivity contribution is 5.69. The third kappa shape index (κ3) is 3.70. The molecule has 4 heteroatoms. The molecule has 1 aromatic carbocycles. The smallest absolute Gasteiger partial charge is 0.124 e. The van der Waals surface area contributed by atoms with Gasteiger partial charge in [0.2, 0.25) is 0 Å². The maximum Gasteiger partial charge on any atom is 0.124 e. The minimum Gasteiger partial charge on any atom is -0.493 e. The van der Waals surface area contributed by atoms with E-state index in [4.69, 9.17) is 10.5 Å². The molecule has 1 unspecified atom stereocenters. The lowest BCUT2D eigenvalue weighted by molar-refractivity contribution is 0.149. The van der Waals surface area contributed by atoms with Crippen LogP contribution in [-0.2, 0) is 12.8 Å². The average Bonchev–Trinajstić information content (AvgIpc) is 2.66. The molecule has 2 N–H and O–H groups in total. The van der Waals surface area contributed by atoms with Gasteiger partial charge in [-0.3, -0.25) is 0 Å². The first kappa shape index (κ1) is 17.3. The van der Waals surface area contributed by atoms with Gasteiger partial charge in [0.05, 0.1) is 12.3 Å². The molecule has 4 rings (SSSR count). The summed E-state index contributed by atoms with van der Waals surface area (Å²) in [6.45, 7) is 3.19. The molecule has 0 bridgehead atoms. The maximum absolute atomic E-state index is 6.34. The zero-order chi connectivity index (χ0) is 17.9. The van der Waals surface area contributed by atoms with Crippen LogP contribution in [0.2, 0.25) is 0 Å². The molecule has 4 nitrogen and oxygen atoms in total. The molecule has 2 aliphatic rings. The molecular weight excluding hydrogens is 322 g/mol. The average molecular weight is 351 g/mol. The van der Waals surface area contributed by atoms with E-state index in [9.17, 15) is 0 Å². The normalized spacial score (nSPS) is 20.6. The van der Waals surface area contributed by atoms with Gasteiger partial charge < -0.3 is 15.4 Å². The number of fused-ring (bicyclic) bond motifs is 1. The Morgan fingerprint density at radius 2 is 1.96 bits per heavy atom. The summed E-state index contributed by atoms with van der Waals surface area (Å²) in [5, 5.41) is 0. The standard InChI is InChI=1S/C22H29N3O/c1-25-13-5-6-16(14-25)15-26-21-12-11-18(17-7-2-3-8-19(17)21)20-9-4-10-22(23)24-20/h4,9-12,16H,2-3,5-8,13-15H2,1H3,(H2,23,24). The minimum absolute atomic E-state index is 0.578. The number of benzene rings is 1. The predicted octanol–water partition coefficient (Wildman–Crippen LogP) is 3.93. The number of nitrogen functional groups attached to an aromatic ring is 1. The Hall–Kier alpha value is -2.07. The fraction of sp³-hybridized carbons (Fsp3) is 0.500. The van der Waals surface area contributed by atoms with Gasteiger partial charge in [0, 0.05) is 18.0 Å². The number of likely N-dealkylation sites (tertiary alicyclic amines) is 1. The Morgan fingerprint density at radius 3 is 2.77 bits per heavy atom. The highest BCUT2D eigenvalue weighted by atomic mass is 16.5. The van der Waals surface area contributed by atoms with Gasteiger partial charge in [-0.15, -0.1) is 0 Å². The van der Waals surface area contributed by atoms with Crippen LogP contribution in [0.15, 0.2) is 30.3 Å². The third-order valence-corrected chi connectivity index (χ3v) is 5.73. The number of hydrogen-bond acceptors (Lipinski definition) is 4. The van der Waals surface area contributed by atoms with E-state index in [-0.39, 0.29) is 0 Å². The summed E-state index contributed by atoms with van der Waals surface area (Å²) < 4.78 is 6.34. The summed E-state index contributed by atoms with van der Waals surface area (Å²) in [6.07, 6.45) is 7.24. The highest BCUT2D eigenvalue weighted by Crippen LogP contribution is 2.37. The van der Waals surface area contributed by atoms with E-state index < -0.39 is 0 Å². The minimum atomic E-state index is 0.578. The number of nitrogens with zero attached hydrogens (tertiary/aromatic N) is 2. The Morgan fingerprint density at radius 1 is 1.12 bits per heavy atom. The highest BCUT2D eigenvalue weighted by Gasteiger charge is 2.22. The van der Waals surface area contributed by atoms with Crippen LogP contribution in [0.4, 0.5) is 5.82 Å². The summed E-state index contributed by atoms with van der Waals surface area (Å²) in [4.78, 5) is 6.96. The first-order valence-electron chi connectivity index (χ1n) is 9.89. The van der Waals surface area contributed by atoms with Crippen molar-refractivity contribution in [1.29, 1.82) is 0 Å². The number of hydrogen-bond donors (Lipinski definition) is 1. The van der Waals surface area contributed by atoms with Gasteiger partial charge in [-0.05, 0) is 87.5 Å². The number of rotatable bonds is 4. The molecule has 0 saturated carbocycles. The summed E-state index contributed by atoms with van der Waals surface area (Å²) >= 11 is 0. The van der Waals surface area contributed by atoms with E-state index in [1.54, 1.807) is 0 Å². The van der Waals surface area contributed by atoms with E-state index in [1.807, 2.05) is 12.1 Å². The van der Waals surface area contributed by atoms with Gasteiger partial charge in [0.15, 0.2) is 0 Å². The van der Waals surface area contributed by atoms with Crippen LogP contribution in [-0.4, -0.2) is 36.6 Å². The largest absolute Gasteiger partial charge is 0.493 e. The summed E-state index contributed by atoms with van der Waals surface area (Å²) in [7, 11) is 2.21. The second-order valence-electron chi connectivity index (χ2n) is 7.80. The molecule has 2 heterocycles. The zero-order valence-electron chi connectivity index (χ0n) is 15.7. The van der Waals surface area contributed by atoms with Gasteiger partial charge in [0.1, 0.15) is 11.6 Å². The van der Waals surface area contributed by atoms with Crippen molar-refractivity contribution >= 4 is 5.82 Å². The number of anilines is 1. The molecule has 0 radical (unpaired) electrons. The van der Waals surface area contributed by atoms with Crippen molar-refractivity contribution < 1.29 is 4.74 Å². The van der Waals surface area contributed by atoms with Crippen LogP contribution >= 0.6 is 0 Å². The number of aromatic nitrogens is 1. The second-order valence-corrected chi connectivity index (χ2v) is 7.80. The second kappa shape index (κ2) is 7.67. The molecule has 1 saturated heterocycles. The molecule has 26 heavy (non-hydrogen) atoms. The molecule has 1 aliphatic heterocycles. The zero-order valence-corrected chi connectivity index (χ0v) is 15.7. The Kier molecular flexibility index (Phi) is 5.11. The first-order chi connectivity index (χ1) is 12.7. The predicted molar refractivity (Wildman–Crippen MR) is 106 cm³/mol. The van der Waals surface area contributed by atoms with Gasteiger partial charge in [-0.2, -0.15) is 0 Å². The van der Waals surface area contributed by atoms with Crippen LogP contribution in [0.25, 0.3) is 11.3 Å². The lowest BCUT2D eigenvalue weighted by Gasteiger charge is -2.30. The van der Waals surface area contributed by atoms with E-state index in [1.165, 1.54) is 48.9 Å². The van der Waals surface area contributed by atoms with Gasteiger partial charge >= 0.3 is 0 Å². The fourth-order valence-corrected chi connectivity index (χ4v) is 4.43. The topological polar surface area (TPSA) is 51.4 Å². The van der Waals surface area contributed by atoms with Crippen molar-refractivity contribution in [2.75, 3.05) is 32.5 Å². The quantitative estimate of drug-likeness (QED) is 0.907. The third-order valence-electron chi connectivity index (χ3n) is 5.73. The van der Waals surface area contributed by atoms with Gasteiger partial charge in [-0.1, -0.05) is 6.07 Å². The van der Waals surface area contributed by atoms with Crippen LogP contribution in [0, 0.1) is 5.92 Å². The van der Waals surface area contributed by atoms with E-state index in [2.05, 4.69) is 35.1 Å².